The molecule has 0 aliphatic carbocycles. The van der Waals surface area contributed by atoms with Gasteiger partial charge in [-0.25, -0.2) is 8.78 Å². The van der Waals surface area contributed by atoms with Crippen LogP contribution in [0.1, 0.15) is 23.2 Å². The summed E-state index contributed by atoms with van der Waals surface area (Å²) in [5, 5.41) is 4.22. The highest BCUT2D eigenvalue weighted by atomic mass is 19.1. The Morgan fingerprint density at radius 1 is 1.03 bits per heavy atom. The van der Waals surface area contributed by atoms with Gasteiger partial charge in [-0.15, -0.1) is 0 Å². The quantitative estimate of drug-likeness (QED) is 0.667. The molecule has 2 aliphatic heterocycles. The van der Waals surface area contributed by atoms with E-state index in [4.69, 9.17) is 0 Å². The van der Waals surface area contributed by atoms with Crippen molar-refractivity contribution in [2.45, 2.75) is 12.8 Å². The van der Waals surface area contributed by atoms with E-state index in [1.54, 1.807) is 11.9 Å². The van der Waals surface area contributed by atoms with Crippen LogP contribution in [0.5, 0.6) is 0 Å². The topological polar surface area (TPSA) is 78.8 Å². The van der Waals surface area contributed by atoms with Gasteiger partial charge in [-0.1, -0.05) is 0 Å². The van der Waals surface area contributed by atoms with Crippen molar-refractivity contribution in [3.63, 3.8) is 0 Å². The molecule has 10 heteroatoms. The van der Waals surface area contributed by atoms with Gasteiger partial charge < -0.3 is 4.90 Å². The number of carbonyl (C=O) groups is 3. The van der Waals surface area contributed by atoms with E-state index in [0.29, 0.717) is 39.3 Å². The average molecular weight is 431 g/mol. The van der Waals surface area contributed by atoms with Crippen LogP contribution >= 0.6 is 0 Å². The number of nitrogens with zero attached hydrogens (tertiary/aromatic N) is 5. The molecule has 0 atom stereocenters. The fourth-order valence-electron chi connectivity index (χ4n) is 3.98. The molecule has 0 spiro atoms. The zero-order valence-corrected chi connectivity index (χ0v) is 17.2. The molecule has 0 bridgehead atoms. The smallest absolute Gasteiger partial charge is 0.257 e. The highest BCUT2D eigenvalue weighted by molar-refractivity contribution is 6.02. The van der Waals surface area contributed by atoms with E-state index in [1.807, 2.05) is 0 Å². The number of aromatic nitrogens is 2. The van der Waals surface area contributed by atoms with Crippen molar-refractivity contribution in [2.24, 2.45) is 7.05 Å². The summed E-state index contributed by atoms with van der Waals surface area (Å²) < 4.78 is 29.0. The Morgan fingerprint density at radius 2 is 1.71 bits per heavy atom. The molecule has 0 saturated carbocycles. The minimum absolute atomic E-state index is 0.0731. The van der Waals surface area contributed by atoms with Crippen molar-refractivity contribution in [1.82, 2.24) is 24.5 Å². The Balaban J connectivity index is 1.40. The lowest BCUT2D eigenvalue weighted by Crippen LogP contribution is -2.50. The summed E-state index contributed by atoms with van der Waals surface area (Å²) in [5.41, 5.74) is 0.511. The molecule has 3 amide bonds. The second-order valence-corrected chi connectivity index (χ2v) is 7.76. The summed E-state index contributed by atoms with van der Waals surface area (Å²) >= 11 is 0. The van der Waals surface area contributed by atoms with E-state index < -0.39 is 11.6 Å². The zero-order chi connectivity index (χ0) is 22.1. The van der Waals surface area contributed by atoms with Gasteiger partial charge in [0.15, 0.2) is 0 Å². The highest BCUT2D eigenvalue weighted by Gasteiger charge is 2.30. The predicted molar refractivity (Wildman–Crippen MR) is 107 cm³/mol. The molecular weight excluding hydrogens is 408 g/mol. The summed E-state index contributed by atoms with van der Waals surface area (Å²) in [6.07, 6.45) is 2.10. The Bertz CT molecular complexity index is 1010. The molecular formula is C21H23F2N5O3. The van der Waals surface area contributed by atoms with E-state index in [-0.39, 0.29) is 47.4 Å². The normalized spacial score (nSPS) is 17.6. The molecule has 8 nitrogen and oxygen atoms in total. The van der Waals surface area contributed by atoms with Crippen LogP contribution < -0.4 is 0 Å². The van der Waals surface area contributed by atoms with Crippen molar-refractivity contribution >= 4 is 17.7 Å². The van der Waals surface area contributed by atoms with Crippen molar-refractivity contribution in [1.29, 1.82) is 0 Å². The van der Waals surface area contributed by atoms with Crippen molar-refractivity contribution in [3.8, 4) is 11.3 Å². The fraction of sp³-hybridized carbons (Fsp3) is 0.429. The van der Waals surface area contributed by atoms with Gasteiger partial charge in [0.1, 0.15) is 17.3 Å². The lowest BCUT2D eigenvalue weighted by molar-refractivity contribution is -0.138. The van der Waals surface area contributed by atoms with Crippen LogP contribution in [0.2, 0.25) is 0 Å². The van der Waals surface area contributed by atoms with E-state index in [0.717, 1.165) is 12.1 Å². The molecule has 2 fully saturated rings. The van der Waals surface area contributed by atoms with Crippen LogP contribution in [0.4, 0.5) is 8.78 Å². The largest absolute Gasteiger partial charge is 0.336 e. The number of amides is 3. The maximum absolute atomic E-state index is 14.3. The molecule has 164 valence electrons. The van der Waals surface area contributed by atoms with Gasteiger partial charge in [0.05, 0.1) is 5.56 Å². The summed E-state index contributed by atoms with van der Waals surface area (Å²) in [6, 6.07) is 3.19. The maximum atomic E-state index is 14.3. The minimum atomic E-state index is -0.774. The molecule has 1 aromatic heterocycles. The van der Waals surface area contributed by atoms with Gasteiger partial charge in [0.2, 0.25) is 11.8 Å². The molecule has 2 aromatic rings. The number of rotatable bonds is 5. The molecule has 0 radical (unpaired) electrons. The lowest BCUT2D eigenvalue weighted by Gasteiger charge is -2.35. The van der Waals surface area contributed by atoms with Gasteiger partial charge in [-0.05, 0) is 12.1 Å². The molecule has 0 unspecified atom stereocenters. The molecule has 4 rings (SSSR count). The van der Waals surface area contributed by atoms with Crippen LogP contribution in [-0.4, -0.2) is 81.5 Å². The molecule has 0 N–H and O–H groups in total. The van der Waals surface area contributed by atoms with Crippen LogP contribution in [-0.2, 0) is 16.6 Å². The average Bonchev–Trinajstić information content (AvgIpc) is 3.28. The molecule has 3 heterocycles. The SMILES string of the molecule is Cn1cc(C(=O)N2CCN(CCN3C(=O)CCC3=O)CC2)c(-c2ccc(F)cc2F)n1. The fourth-order valence-corrected chi connectivity index (χ4v) is 3.98. The highest BCUT2D eigenvalue weighted by Crippen LogP contribution is 2.26. The second kappa shape index (κ2) is 8.54. The standard InChI is InChI=1S/C21H23F2N5O3/c1-25-13-16(20(24-25)15-3-2-14(22)12-17(15)23)21(31)27-9-6-26(7-10-27)8-11-28-18(29)4-5-19(28)30/h2-3,12-13H,4-11H2,1H3. The monoisotopic (exact) mass is 431 g/mol. The van der Waals surface area contributed by atoms with Crippen LogP contribution in [0.3, 0.4) is 0 Å². The van der Waals surface area contributed by atoms with E-state index in [2.05, 4.69) is 10.00 Å². The van der Waals surface area contributed by atoms with Gasteiger partial charge in [-0.3, -0.25) is 28.9 Å². The Labute approximate surface area is 178 Å². The van der Waals surface area contributed by atoms with Gasteiger partial charge >= 0.3 is 0 Å². The summed E-state index contributed by atoms with van der Waals surface area (Å²) in [7, 11) is 1.64. The summed E-state index contributed by atoms with van der Waals surface area (Å²) in [6.45, 7) is 3.05. The molecule has 2 aliphatic rings. The third kappa shape index (κ3) is 4.34. The molecule has 2 saturated heterocycles. The first-order chi connectivity index (χ1) is 14.8. The van der Waals surface area contributed by atoms with Gasteiger partial charge in [-0.2, -0.15) is 5.10 Å². The first-order valence-corrected chi connectivity index (χ1v) is 10.2. The Hall–Kier alpha value is -3.14. The lowest BCUT2D eigenvalue weighted by atomic mass is 10.1. The number of carbonyl (C=O) groups excluding carboxylic acids is 3. The van der Waals surface area contributed by atoms with Gasteiger partial charge in [0, 0.05) is 77.0 Å². The number of aryl methyl sites for hydroxylation is 1. The Morgan fingerprint density at radius 3 is 2.35 bits per heavy atom. The third-order valence-corrected chi connectivity index (χ3v) is 5.70. The van der Waals surface area contributed by atoms with E-state index >= 15 is 0 Å². The summed E-state index contributed by atoms with van der Waals surface area (Å²) in [5.74, 6) is -2.00. The third-order valence-electron chi connectivity index (χ3n) is 5.70. The number of likely N-dealkylation sites (tertiary alicyclic amines) is 1. The van der Waals surface area contributed by atoms with Crippen molar-refractivity contribution in [2.75, 3.05) is 39.3 Å². The minimum Gasteiger partial charge on any atom is -0.336 e. The first kappa shape index (κ1) is 21.1. The van der Waals surface area contributed by atoms with Crippen molar-refractivity contribution < 1.29 is 23.2 Å². The van der Waals surface area contributed by atoms with Crippen LogP contribution in [0.25, 0.3) is 11.3 Å². The van der Waals surface area contributed by atoms with E-state index in [1.165, 1.54) is 21.8 Å². The number of hydrogen-bond acceptors (Lipinski definition) is 5. The van der Waals surface area contributed by atoms with Crippen LogP contribution in [0.15, 0.2) is 24.4 Å². The second-order valence-electron chi connectivity index (χ2n) is 7.76. The molecule has 31 heavy (non-hydrogen) atoms. The number of benzene rings is 1. The Kier molecular flexibility index (Phi) is 5.81. The number of imide groups is 1. The van der Waals surface area contributed by atoms with Crippen LogP contribution in [0, 0.1) is 11.6 Å². The zero-order valence-electron chi connectivity index (χ0n) is 17.2. The molecule has 1 aromatic carbocycles. The number of halogens is 2. The number of hydrogen-bond donors (Lipinski definition) is 0. The first-order valence-electron chi connectivity index (χ1n) is 10.2. The summed E-state index contributed by atoms with van der Waals surface area (Å²) in [4.78, 5) is 41.6. The predicted octanol–water partition coefficient (Wildman–Crippen LogP) is 1.27. The van der Waals surface area contributed by atoms with Crippen molar-refractivity contribution in [3.05, 3.63) is 41.6 Å². The number of piperazine rings is 1. The van der Waals surface area contributed by atoms with E-state index in [9.17, 15) is 23.2 Å². The van der Waals surface area contributed by atoms with Gasteiger partial charge in [0.25, 0.3) is 5.91 Å². The maximum Gasteiger partial charge on any atom is 0.257 e.